The summed E-state index contributed by atoms with van der Waals surface area (Å²) in [5, 5.41) is 19.2. The highest BCUT2D eigenvalue weighted by molar-refractivity contribution is 5.47. The molecule has 70 valence electrons. The molecule has 0 unspecified atom stereocenters. The molecular formula is C8H8FNO3. The van der Waals surface area contributed by atoms with Crippen LogP contribution in [0.1, 0.15) is 11.1 Å². The Labute approximate surface area is 73.8 Å². The van der Waals surface area contributed by atoms with Gasteiger partial charge in [0.2, 0.25) is 0 Å². The topological polar surface area (TPSA) is 63.4 Å². The summed E-state index contributed by atoms with van der Waals surface area (Å²) in [4.78, 5) is 9.79. The van der Waals surface area contributed by atoms with Gasteiger partial charge in [-0.2, -0.15) is 0 Å². The molecule has 0 atom stereocenters. The van der Waals surface area contributed by atoms with E-state index in [-0.39, 0.29) is 11.3 Å². The number of benzene rings is 1. The number of aryl methyl sites for hydroxylation is 1. The van der Waals surface area contributed by atoms with Crippen LogP contribution in [0.2, 0.25) is 0 Å². The zero-order chi connectivity index (χ0) is 10.0. The van der Waals surface area contributed by atoms with Crippen molar-refractivity contribution in [3.05, 3.63) is 39.2 Å². The minimum absolute atomic E-state index is 0.259. The molecule has 1 aromatic carbocycles. The van der Waals surface area contributed by atoms with Crippen molar-refractivity contribution >= 4 is 5.69 Å². The highest BCUT2D eigenvalue weighted by Gasteiger charge is 2.19. The van der Waals surface area contributed by atoms with Gasteiger partial charge in [0.1, 0.15) is 5.82 Å². The Balaban J connectivity index is 3.43. The molecule has 0 saturated heterocycles. The van der Waals surface area contributed by atoms with Gasteiger partial charge in [0.15, 0.2) is 0 Å². The largest absolute Gasteiger partial charge is 0.391 e. The van der Waals surface area contributed by atoms with Gasteiger partial charge in [0.05, 0.1) is 17.1 Å². The summed E-state index contributed by atoms with van der Waals surface area (Å²) in [7, 11) is 0. The minimum atomic E-state index is -0.750. The Bertz CT molecular complexity index is 351. The number of aliphatic hydroxyl groups is 1. The van der Waals surface area contributed by atoms with E-state index in [1.807, 2.05) is 0 Å². The fourth-order valence-electron chi connectivity index (χ4n) is 1.13. The van der Waals surface area contributed by atoms with E-state index in [2.05, 4.69) is 0 Å². The fraction of sp³-hybridized carbons (Fsp3) is 0.250. The van der Waals surface area contributed by atoms with Gasteiger partial charge in [0, 0.05) is 5.56 Å². The molecule has 0 amide bonds. The van der Waals surface area contributed by atoms with Crippen molar-refractivity contribution in [2.75, 3.05) is 0 Å². The van der Waals surface area contributed by atoms with Gasteiger partial charge in [-0.15, -0.1) is 0 Å². The van der Waals surface area contributed by atoms with Gasteiger partial charge in [-0.25, -0.2) is 4.39 Å². The molecule has 0 aliphatic rings. The first-order chi connectivity index (χ1) is 6.07. The third-order valence-electron chi connectivity index (χ3n) is 1.77. The van der Waals surface area contributed by atoms with Crippen LogP contribution >= 0.6 is 0 Å². The molecule has 5 heteroatoms. The third kappa shape index (κ3) is 1.65. The van der Waals surface area contributed by atoms with E-state index in [9.17, 15) is 14.5 Å². The molecule has 4 nitrogen and oxygen atoms in total. The minimum Gasteiger partial charge on any atom is -0.391 e. The highest BCUT2D eigenvalue weighted by Crippen LogP contribution is 2.25. The average molecular weight is 185 g/mol. The number of nitro benzene ring substituents is 1. The van der Waals surface area contributed by atoms with Crippen LogP contribution in [0, 0.1) is 22.9 Å². The van der Waals surface area contributed by atoms with Gasteiger partial charge in [-0.3, -0.25) is 10.1 Å². The number of aliphatic hydroxyl groups excluding tert-OH is 1. The lowest BCUT2D eigenvalue weighted by Gasteiger charge is -2.03. The first kappa shape index (κ1) is 9.60. The van der Waals surface area contributed by atoms with E-state index < -0.39 is 17.3 Å². The van der Waals surface area contributed by atoms with Crippen molar-refractivity contribution in [2.45, 2.75) is 13.5 Å². The molecule has 0 spiro atoms. The molecular weight excluding hydrogens is 177 g/mol. The molecule has 1 N–H and O–H groups in total. The maximum absolute atomic E-state index is 12.9. The second-order valence-electron chi connectivity index (χ2n) is 2.61. The molecule has 1 aromatic rings. The third-order valence-corrected chi connectivity index (χ3v) is 1.77. The summed E-state index contributed by atoms with van der Waals surface area (Å²) in [5.41, 5.74) is -0.261. The normalized spacial score (nSPS) is 10.1. The summed E-state index contributed by atoms with van der Waals surface area (Å²) in [6, 6.07) is 2.42. The van der Waals surface area contributed by atoms with E-state index >= 15 is 0 Å². The van der Waals surface area contributed by atoms with Gasteiger partial charge < -0.3 is 5.11 Å². The first-order valence-electron chi connectivity index (χ1n) is 3.61. The zero-order valence-corrected chi connectivity index (χ0v) is 6.95. The summed E-state index contributed by atoms with van der Waals surface area (Å²) in [6.07, 6.45) is 0. The van der Waals surface area contributed by atoms with Crippen LogP contribution in [0.4, 0.5) is 10.1 Å². The molecule has 0 aliphatic carbocycles. The van der Waals surface area contributed by atoms with Gasteiger partial charge in [-0.05, 0) is 19.1 Å². The summed E-state index contributed by atoms with van der Waals surface area (Å²) >= 11 is 0. The maximum atomic E-state index is 12.9. The summed E-state index contributed by atoms with van der Waals surface area (Å²) < 4.78 is 12.9. The molecule has 13 heavy (non-hydrogen) atoms. The Kier molecular flexibility index (Phi) is 2.57. The van der Waals surface area contributed by atoms with Crippen molar-refractivity contribution in [1.82, 2.24) is 0 Å². The maximum Gasteiger partial charge on any atom is 0.280 e. The molecule has 0 aliphatic heterocycles. The van der Waals surface area contributed by atoms with Crippen LogP contribution in [-0.2, 0) is 6.61 Å². The van der Waals surface area contributed by atoms with Crippen molar-refractivity contribution in [3.63, 3.8) is 0 Å². The van der Waals surface area contributed by atoms with E-state index in [1.54, 1.807) is 0 Å². The van der Waals surface area contributed by atoms with Crippen LogP contribution < -0.4 is 0 Å². The highest BCUT2D eigenvalue weighted by atomic mass is 19.1. The zero-order valence-electron chi connectivity index (χ0n) is 6.95. The second-order valence-corrected chi connectivity index (χ2v) is 2.61. The lowest BCUT2D eigenvalue weighted by atomic mass is 10.1. The monoisotopic (exact) mass is 185 g/mol. The van der Waals surface area contributed by atoms with Gasteiger partial charge in [-0.1, -0.05) is 0 Å². The van der Waals surface area contributed by atoms with Crippen molar-refractivity contribution in [2.24, 2.45) is 0 Å². The lowest BCUT2D eigenvalue weighted by Crippen LogP contribution is -2.01. The summed E-state index contributed by atoms with van der Waals surface area (Å²) in [5.74, 6) is -0.750. The number of rotatable bonds is 2. The van der Waals surface area contributed by atoms with Crippen LogP contribution in [0.15, 0.2) is 12.1 Å². The number of hydrogen-bond donors (Lipinski definition) is 1. The van der Waals surface area contributed by atoms with Crippen LogP contribution in [0.25, 0.3) is 0 Å². The standard InChI is InChI=1S/C8H8FNO3/c1-5-2-3-7(9)6(4-11)8(5)10(12)13/h2-3,11H,4H2,1H3. The van der Waals surface area contributed by atoms with Crippen LogP contribution in [-0.4, -0.2) is 10.0 Å². The van der Waals surface area contributed by atoms with Crippen LogP contribution in [0.3, 0.4) is 0 Å². The van der Waals surface area contributed by atoms with Crippen molar-refractivity contribution < 1.29 is 14.4 Å². The number of halogens is 1. The fourth-order valence-corrected chi connectivity index (χ4v) is 1.13. The predicted molar refractivity (Wildman–Crippen MR) is 43.7 cm³/mol. The molecule has 0 fully saturated rings. The Hall–Kier alpha value is -1.49. The molecule has 0 bridgehead atoms. The summed E-state index contributed by atoms with van der Waals surface area (Å²) in [6.45, 7) is 0.834. The molecule has 0 saturated carbocycles. The lowest BCUT2D eigenvalue weighted by molar-refractivity contribution is -0.386. The smallest absolute Gasteiger partial charge is 0.280 e. The Morgan fingerprint density at radius 1 is 1.62 bits per heavy atom. The van der Waals surface area contributed by atoms with E-state index in [1.165, 1.54) is 13.0 Å². The van der Waals surface area contributed by atoms with Gasteiger partial charge >= 0.3 is 0 Å². The quantitative estimate of drug-likeness (QED) is 0.561. The predicted octanol–water partition coefficient (Wildman–Crippen LogP) is 1.53. The Morgan fingerprint density at radius 2 is 2.23 bits per heavy atom. The van der Waals surface area contributed by atoms with Crippen molar-refractivity contribution in [1.29, 1.82) is 0 Å². The molecule has 1 rings (SSSR count). The number of hydrogen-bond acceptors (Lipinski definition) is 3. The molecule has 0 aromatic heterocycles. The van der Waals surface area contributed by atoms with Crippen LogP contribution in [0.5, 0.6) is 0 Å². The van der Waals surface area contributed by atoms with E-state index in [4.69, 9.17) is 5.11 Å². The van der Waals surface area contributed by atoms with Crippen molar-refractivity contribution in [3.8, 4) is 0 Å². The van der Waals surface area contributed by atoms with Gasteiger partial charge in [0.25, 0.3) is 5.69 Å². The Morgan fingerprint density at radius 3 is 2.62 bits per heavy atom. The van der Waals surface area contributed by atoms with E-state index in [0.29, 0.717) is 5.56 Å². The SMILES string of the molecule is Cc1ccc(F)c(CO)c1[N+](=O)[O-]. The van der Waals surface area contributed by atoms with E-state index in [0.717, 1.165) is 6.07 Å². The number of nitro groups is 1. The number of nitrogens with zero attached hydrogens (tertiary/aromatic N) is 1. The first-order valence-corrected chi connectivity index (χ1v) is 3.61. The molecule has 0 heterocycles. The average Bonchev–Trinajstić information content (AvgIpc) is 2.07. The second kappa shape index (κ2) is 3.49. The molecule has 0 radical (unpaired) electrons.